The summed E-state index contributed by atoms with van der Waals surface area (Å²) in [4.78, 5) is 12.4. The van der Waals surface area contributed by atoms with Gasteiger partial charge in [0.05, 0.1) is 6.61 Å². The third-order valence-corrected chi connectivity index (χ3v) is 4.07. The van der Waals surface area contributed by atoms with Gasteiger partial charge < -0.3 is 14.2 Å². The van der Waals surface area contributed by atoms with Crippen molar-refractivity contribution in [3.05, 3.63) is 47.0 Å². The normalized spacial score (nSPS) is 10.7. The Morgan fingerprint density at radius 1 is 1.14 bits per heavy atom. The maximum Gasteiger partial charge on any atom is 0.573 e. The summed E-state index contributed by atoms with van der Waals surface area (Å²) in [6.45, 7) is 7.21. The van der Waals surface area contributed by atoms with Crippen molar-refractivity contribution >= 4 is 5.97 Å². The minimum Gasteiger partial charge on any atom is -0.480 e. The number of rotatable bonds is 6. The Balaban J connectivity index is 2.52. The zero-order valence-corrected chi connectivity index (χ0v) is 16.6. The average molecular weight is 406 g/mol. The van der Waals surface area contributed by atoms with Gasteiger partial charge in [-0.15, -0.1) is 19.1 Å². The molecule has 0 N–H and O–H groups in total. The molecule has 2 rings (SSSR count). The minimum atomic E-state index is -4.75. The van der Waals surface area contributed by atoms with E-state index >= 15 is 0 Å². The quantitative estimate of drug-likeness (QED) is 0.473. The van der Waals surface area contributed by atoms with Gasteiger partial charge in [0.25, 0.3) is 0 Å². The zero-order valence-electron chi connectivity index (χ0n) is 16.6. The summed E-state index contributed by atoms with van der Waals surface area (Å²) in [6.07, 6.45) is -4.75. The van der Waals surface area contributed by atoms with Gasteiger partial charge in [0, 0.05) is 0 Å². The van der Waals surface area contributed by atoms with Gasteiger partial charge in [0.2, 0.25) is 0 Å². The molecule has 0 amide bonds. The van der Waals surface area contributed by atoms with Crippen molar-refractivity contribution in [2.75, 3.05) is 13.2 Å². The predicted octanol–water partition coefficient (Wildman–Crippen LogP) is 5.45. The molecule has 29 heavy (non-hydrogen) atoms. The second-order valence-electron chi connectivity index (χ2n) is 6.08. The van der Waals surface area contributed by atoms with Crippen LogP contribution in [0.4, 0.5) is 13.2 Å². The molecule has 0 bridgehead atoms. The summed E-state index contributed by atoms with van der Waals surface area (Å²) in [5, 5.41) is 0. The summed E-state index contributed by atoms with van der Waals surface area (Å²) in [7, 11) is 0. The van der Waals surface area contributed by atoms with E-state index in [0.29, 0.717) is 33.6 Å². The van der Waals surface area contributed by atoms with Crippen molar-refractivity contribution in [1.29, 1.82) is 0 Å². The van der Waals surface area contributed by atoms with Crippen LogP contribution in [0.3, 0.4) is 0 Å². The van der Waals surface area contributed by atoms with Gasteiger partial charge >= 0.3 is 12.3 Å². The highest BCUT2D eigenvalue weighted by Crippen LogP contribution is 2.37. The molecule has 0 radical (unpaired) electrons. The Kier molecular flexibility index (Phi) is 7.16. The molecule has 0 aromatic heterocycles. The molecule has 2 aromatic rings. The minimum absolute atomic E-state index is 0.0883. The molecule has 0 aliphatic carbocycles. The largest absolute Gasteiger partial charge is 0.573 e. The summed E-state index contributed by atoms with van der Waals surface area (Å²) in [5.74, 6) is 5.03. The van der Waals surface area contributed by atoms with E-state index in [0.717, 1.165) is 0 Å². The topological polar surface area (TPSA) is 44.8 Å². The Labute approximate surface area is 167 Å². The second kappa shape index (κ2) is 9.37. The van der Waals surface area contributed by atoms with Crippen LogP contribution >= 0.6 is 0 Å². The number of ether oxygens (including phenoxy) is 3. The fraction of sp³-hybridized carbons (Fsp3) is 0.318. The molecular formula is C22H21F3O4. The summed E-state index contributed by atoms with van der Waals surface area (Å²) in [5.41, 5.74) is 2.96. The van der Waals surface area contributed by atoms with Crippen molar-refractivity contribution < 1.29 is 32.2 Å². The lowest BCUT2D eigenvalue weighted by Crippen LogP contribution is -2.16. The number of benzene rings is 2. The summed E-state index contributed by atoms with van der Waals surface area (Å²) in [6, 6.07) is 7.28. The lowest BCUT2D eigenvalue weighted by Gasteiger charge is -2.18. The Morgan fingerprint density at radius 3 is 2.34 bits per heavy atom. The lowest BCUT2D eigenvalue weighted by molar-refractivity contribution is -0.274. The number of hydrogen-bond acceptors (Lipinski definition) is 4. The van der Waals surface area contributed by atoms with Crippen LogP contribution in [0.5, 0.6) is 11.5 Å². The number of halogens is 3. The molecule has 0 unspecified atom stereocenters. The van der Waals surface area contributed by atoms with Gasteiger partial charge in [0.1, 0.15) is 23.7 Å². The Hall–Kier alpha value is -3.14. The van der Waals surface area contributed by atoms with E-state index in [2.05, 4.69) is 16.6 Å². The SMILES string of the molecule is CC#CCOc1c(C)c(-c2ccc(OC(F)(F)F)cc2)cc(C)c1C(=O)OCC. The Morgan fingerprint density at radius 2 is 1.79 bits per heavy atom. The van der Waals surface area contributed by atoms with Crippen LogP contribution in [0.1, 0.15) is 35.3 Å². The first-order valence-electron chi connectivity index (χ1n) is 8.87. The van der Waals surface area contributed by atoms with Crippen LogP contribution in [0.25, 0.3) is 11.1 Å². The van der Waals surface area contributed by atoms with Crippen LogP contribution in [0.2, 0.25) is 0 Å². The van der Waals surface area contributed by atoms with Crippen molar-refractivity contribution in [3.63, 3.8) is 0 Å². The summed E-state index contributed by atoms with van der Waals surface area (Å²) < 4.78 is 51.9. The number of hydrogen-bond donors (Lipinski definition) is 0. The molecule has 4 nitrogen and oxygen atoms in total. The molecule has 0 saturated heterocycles. The van der Waals surface area contributed by atoms with Crippen LogP contribution in [-0.2, 0) is 4.74 Å². The first-order valence-corrected chi connectivity index (χ1v) is 8.87. The molecule has 0 aliphatic rings. The molecule has 0 spiro atoms. The smallest absolute Gasteiger partial charge is 0.480 e. The van der Waals surface area contributed by atoms with E-state index < -0.39 is 12.3 Å². The van der Waals surface area contributed by atoms with Gasteiger partial charge in [-0.05, 0) is 62.1 Å². The maximum absolute atomic E-state index is 12.4. The summed E-state index contributed by atoms with van der Waals surface area (Å²) >= 11 is 0. The monoisotopic (exact) mass is 406 g/mol. The number of aryl methyl sites for hydroxylation is 1. The molecule has 7 heteroatoms. The van der Waals surface area contributed by atoms with Gasteiger partial charge in [-0.1, -0.05) is 24.1 Å². The third kappa shape index (κ3) is 5.67. The van der Waals surface area contributed by atoms with E-state index in [9.17, 15) is 18.0 Å². The molecule has 0 heterocycles. The number of esters is 1. The highest BCUT2D eigenvalue weighted by Gasteiger charge is 2.31. The first-order chi connectivity index (χ1) is 13.7. The van der Waals surface area contributed by atoms with Gasteiger partial charge in [0.15, 0.2) is 0 Å². The molecule has 0 aliphatic heterocycles. The highest BCUT2D eigenvalue weighted by molar-refractivity contribution is 5.96. The number of carbonyl (C=O) groups is 1. The van der Waals surface area contributed by atoms with E-state index in [-0.39, 0.29) is 19.0 Å². The van der Waals surface area contributed by atoms with Gasteiger partial charge in [-0.2, -0.15) is 0 Å². The van der Waals surface area contributed by atoms with Crippen LogP contribution < -0.4 is 9.47 Å². The third-order valence-electron chi connectivity index (χ3n) is 4.07. The number of carbonyl (C=O) groups excluding carboxylic acids is 1. The van der Waals surface area contributed by atoms with Crippen molar-refractivity contribution in [1.82, 2.24) is 0 Å². The second-order valence-corrected chi connectivity index (χ2v) is 6.08. The molecule has 0 fully saturated rings. The Bertz CT molecular complexity index is 936. The molecule has 2 aromatic carbocycles. The lowest BCUT2D eigenvalue weighted by atomic mass is 9.93. The highest BCUT2D eigenvalue weighted by atomic mass is 19.4. The molecular weight excluding hydrogens is 385 g/mol. The van der Waals surface area contributed by atoms with E-state index in [1.54, 1.807) is 33.8 Å². The fourth-order valence-electron chi connectivity index (χ4n) is 2.84. The van der Waals surface area contributed by atoms with Gasteiger partial charge in [-0.25, -0.2) is 4.79 Å². The fourth-order valence-corrected chi connectivity index (χ4v) is 2.84. The van der Waals surface area contributed by atoms with Crippen molar-refractivity contribution in [2.45, 2.75) is 34.1 Å². The van der Waals surface area contributed by atoms with Crippen LogP contribution in [0, 0.1) is 25.7 Å². The van der Waals surface area contributed by atoms with Crippen molar-refractivity contribution in [3.8, 4) is 34.5 Å². The van der Waals surface area contributed by atoms with Gasteiger partial charge in [-0.3, -0.25) is 0 Å². The van der Waals surface area contributed by atoms with E-state index in [1.807, 2.05) is 0 Å². The maximum atomic E-state index is 12.4. The standard InChI is InChI=1S/C22H21F3O4/c1-5-7-12-28-20-15(4)18(13-14(3)19(20)21(26)27-6-2)16-8-10-17(11-9-16)29-22(23,24)25/h8-11,13H,6,12H2,1-4H3. The van der Waals surface area contributed by atoms with Crippen molar-refractivity contribution in [2.24, 2.45) is 0 Å². The predicted molar refractivity (Wildman–Crippen MR) is 103 cm³/mol. The van der Waals surface area contributed by atoms with Crippen LogP contribution in [-0.4, -0.2) is 25.5 Å². The average Bonchev–Trinajstić information content (AvgIpc) is 2.64. The number of alkyl halides is 3. The van der Waals surface area contributed by atoms with E-state index in [1.165, 1.54) is 24.3 Å². The van der Waals surface area contributed by atoms with Crippen LogP contribution in [0.15, 0.2) is 30.3 Å². The molecule has 0 saturated carbocycles. The molecule has 154 valence electrons. The molecule has 0 atom stereocenters. The van der Waals surface area contributed by atoms with E-state index in [4.69, 9.17) is 9.47 Å². The zero-order chi connectivity index (χ0) is 21.6. The first kappa shape index (κ1) is 22.2.